The molecule has 0 saturated carbocycles. The van der Waals surface area contributed by atoms with E-state index >= 15 is 0 Å². The Balaban J connectivity index is 1.99. The number of halogens is 1. The van der Waals surface area contributed by atoms with Gasteiger partial charge in [-0.1, -0.05) is 17.7 Å². The summed E-state index contributed by atoms with van der Waals surface area (Å²) in [5.41, 5.74) is 1.20. The lowest BCUT2D eigenvalue weighted by Gasteiger charge is -2.39. The van der Waals surface area contributed by atoms with Gasteiger partial charge in [-0.3, -0.25) is 4.79 Å². The quantitative estimate of drug-likeness (QED) is 0.869. The SMILES string of the molecule is CCOC(=O)CC1(O)CCN(c2cccc(Cl)c2C)CC1. The summed E-state index contributed by atoms with van der Waals surface area (Å²) in [6, 6.07) is 5.85. The van der Waals surface area contributed by atoms with Crippen LogP contribution < -0.4 is 4.90 Å². The first-order valence-electron chi connectivity index (χ1n) is 7.33. The number of hydrogen-bond acceptors (Lipinski definition) is 4. The van der Waals surface area contributed by atoms with Crippen molar-refractivity contribution in [3.63, 3.8) is 0 Å². The number of carbonyl (C=O) groups is 1. The van der Waals surface area contributed by atoms with Crippen LogP contribution in [0.15, 0.2) is 18.2 Å². The molecule has 1 aromatic carbocycles. The molecule has 1 N–H and O–H groups in total. The van der Waals surface area contributed by atoms with Crippen LogP contribution in [0, 0.1) is 6.92 Å². The van der Waals surface area contributed by atoms with Gasteiger partial charge in [-0.25, -0.2) is 0 Å². The van der Waals surface area contributed by atoms with E-state index in [-0.39, 0.29) is 12.4 Å². The molecule has 2 rings (SSSR count). The minimum absolute atomic E-state index is 0.0726. The summed E-state index contributed by atoms with van der Waals surface area (Å²) < 4.78 is 4.93. The number of carbonyl (C=O) groups excluding carboxylic acids is 1. The van der Waals surface area contributed by atoms with Crippen molar-refractivity contribution in [2.75, 3.05) is 24.6 Å². The zero-order valence-corrected chi connectivity index (χ0v) is 13.3. The topological polar surface area (TPSA) is 49.8 Å². The maximum absolute atomic E-state index is 11.6. The molecule has 1 fully saturated rings. The molecular weight excluding hydrogens is 290 g/mol. The highest BCUT2D eigenvalue weighted by Gasteiger charge is 2.35. The van der Waals surface area contributed by atoms with E-state index in [1.165, 1.54) is 0 Å². The van der Waals surface area contributed by atoms with Crippen LogP contribution in [0.3, 0.4) is 0 Å². The number of benzene rings is 1. The summed E-state index contributed by atoms with van der Waals surface area (Å²) in [5.74, 6) is -0.326. The van der Waals surface area contributed by atoms with Crippen LogP contribution in [0.5, 0.6) is 0 Å². The normalized spacial score (nSPS) is 17.6. The van der Waals surface area contributed by atoms with Crippen LogP contribution in [-0.2, 0) is 9.53 Å². The predicted octanol–water partition coefficient (Wildman–Crippen LogP) is 2.93. The zero-order chi connectivity index (χ0) is 15.5. The third kappa shape index (κ3) is 3.89. The third-order valence-electron chi connectivity index (χ3n) is 4.05. The largest absolute Gasteiger partial charge is 0.466 e. The van der Waals surface area contributed by atoms with Crippen LogP contribution in [0.4, 0.5) is 5.69 Å². The van der Waals surface area contributed by atoms with Gasteiger partial charge in [-0.05, 0) is 44.4 Å². The molecule has 116 valence electrons. The van der Waals surface area contributed by atoms with Gasteiger partial charge >= 0.3 is 5.97 Å². The summed E-state index contributed by atoms with van der Waals surface area (Å²) in [6.45, 7) is 5.53. The number of anilines is 1. The third-order valence-corrected chi connectivity index (χ3v) is 4.46. The molecule has 0 spiro atoms. The molecule has 4 nitrogen and oxygen atoms in total. The number of aliphatic hydroxyl groups is 1. The second kappa shape index (κ2) is 6.67. The summed E-state index contributed by atoms with van der Waals surface area (Å²) in [7, 11) is 0. The predicted molar refractivity (Wildman–Crippen MR) is 83.8 cm³/mol. The lowest BCUT2D eigenvalue weighted by Crippen LogP contribution is -2.46. The lowest BCUT2D eigenvalue weighted by atomic mass is 9.88. The van der Waals surface area contributed by atoms with E-state index in [1.54, 1.807) is 6.92 Å². The van der Waals surface area contributed by atoms with Crippen LogP contribution >= 0.6 is 11.6 Å². The number of nitrogens with zero attached hydrogens (tertiary/aromatic N) is 1. The Kier molecular flexibility index (Phi) is 5.12. The first kappa shape index (κ1) is 16.1. The molecule has 0 bridgehead atoms. The number of piperidine rings is 1. The molecule has 1 saturated heterocycles. The highest BCUT2D eigenvalue weighted by atomic mass is 35.5. The van der Waals surface area contributed by atoms with Gasteiger partial charge in [0, 0.05) is 23.8 Å². The summed E-state index contributed by atoms with van der Waals surface area (Å²) >= 11 is 6.16. The maximum Gasteiger partial charge on any atom is 0.308 e. The Morgan fingerprint density at radius 1 is 1.43 bits per heavy atom. The summed E-state index contributed by atoms with van der Waals surface area (Å²) in [4.78, 5) is 13.8. The van der Waals surface area contributed by atoms with Crippen molar-refractivity contribution in [2.45, 2.75) is 38.7 Å². The maximum atomic E-state index is 11.6. The van der Waals surface area contributed by atoms with Gasteiger partial charge in [-0.2, -0.15) is 0 Å². The molecule has 1 aliphatic heterocycles. The molecule has 5 heteroatoms. The Hall–Kier alpha value is -1.26. The fourth-order valence-corrected chi connectivity index (χ4v) is 2.93. The van der Waals surface area contributed by atoms with E-state index in [1.807, 2.05) is 25.1 Å². The molecule has 1 heterocycles. The molecule has 0 aliphatic carbocycles. The van der Waals surface area contributed by atoms with E-state index in [4.69, 9.17) is 16.3 Å². The first-order valence-corrected chi connectivity index (χ1v) is 7.71. The first-order chi connectivity index (χ1) is 9.95. The monoisotopic (exact) mass is 311 g/mol. The van der Waals surface area contributed by atoms with Crippen molar-refractivity contribution in [3.8, 4) is 0 Å². The van der Waals surface area contributed by atoms with E-state index < -0.39 is 5.60 Å². The fraction of sp³-hybridized carbons (Fsp3) is 0.562. The van der Waals surface area contributed by atoms with Crippen LogP contribution in [0.2, 0.25) is 5.02 Å². The number of hydrogen-bond donors (Lipinski definition) is 1. The Labute approximate surface area is 130 Å². The minimum atomic E-state index is -0.949. The van der Waals surface area contributed by atoms with Crippen LogP contribution in [0.25, 0.3) is 0 Å². The van der Waals surface area contributed by atoms with E-state index in [2.05, 4.69) is 4.90 Å². The number of ether oxygens (including phenoxy) is 1. The Bertz CT molecular complexity index is 510. The molecule has 0 unspecified atom stereocenters. The molecule has 0 amide bonds. The number of esters is 1. The van der Waals surface area contributed by atoms with Crippen molar-refractivity contribution >= 4 is 23.3 Å². The molecular formula is C16H22ClNO3. The zero-order valence-electron chi connectivity index (χ0n) is 12.6. The summed E-state index contributed by atoms with van der Waals surface area (Å²) in [5, 5.41) is 11.3. The second-order valence-corrected chi connectivity index (χ2v) is 5.98. The average Bonchev–Trinajstić information content (AvgIpc) is 2.43. The van der Waals surface area contributed by atoms with Gasteiger partial charge in [0.05, 0.1) is 18.6 Å². The van der Waals surface area contributed by atoms with E-state index in [0.717, 1.165) is 16.3 Å². The summed E-state index contributed by atoms with van der Waals surface area (Å²) in [6.07, 6.45) is 1.18. The van der Waals surface area contributed by atoms with E-state index in [9.17, 15) is 9.90 Å². The second-order valence-electron chi connectivity index (χ2n) is 5.58. The Morgan fingerprint density at radius 2 is 2.10 bits per heavy atom. The number of rotatable bonds is 4. The molecule has 0 aromatic heterocycles. The van der Waals surface area contributed by atoms with Gasteiger partial charge in [0.15, 0.2) is 0 Å². The van der Waals surface area contributed by atoms with Gasteiger partial charge in [0.25, 0.3) is 0 Å². The van der Waals surface area contributed by atoms with Crippen molar-refractivity contribution in [3.05, 3.63) is 28.8 Å². The Morgan fingerprint density at radius 3 is 2.71 bits per heavy atom. The van der Waals surface area contributed by atoms with Gasteiger partial charge in [-0.15, -0.1) is 0 Å². The van der Waals surface area contributed by atoms with Crippen LogP contribution in [-0.4, -0.2) is 36.4 Å². The lowest BCUT2D eigenvalue weighted by molar-refractivity contribution is -0.149. The van der Waals surface area contributed by atoms with E-state index in [0.29, 0.717) is 32.5 Å². The standard InChI is InChI=1S/C16H22ClNO3/c1-3-21-15(19)11-16(20)7-9-18(10-8-16)14-6-4-5-13(17)12(14)2/h4-6,20H,3,7-11H2,1-2H3. The van der Waals surface area contributed by atoms with Crippen molar-refractivity contribution < 1.29 is 14.6 Å². The fourth-order valence-electron chi connectivity index (χ4n) is 2.76. The van der Waals surface area contributed by atoms with Gasteiger partial charge in [0.1, 0.15) is 0 Å². The van der Waals surface area contributed by atoms with Crippen molar-refractivity contribution in [2.24, 2.45) is 0 Å². The molecule has 0 radical (unpaired) electrons. The molecule has 1 aromatic rings. The molecule has 1 aliphatic rings. The van der Waals surface area contributed by atoms with Gasteiger partial charge in [0.2, 0.25) is 0 Å². The van der Waals surface area contributed by atoms with Crippen molar-refractivity contribution in [1.82, 2.24) is 0 Å². The highest BCUT2D eigenvalue weighted by Crippen LogP contribution is 2.32. The van der Waals surface area contributed by atoms with Crippen LogP contribution in [0.1, 0.15) is 31.7 Å². The smallest absolute Gasteiger partial charge is 0.308 e. The molecule has 21 heavy (non-hydrogen) atoms. The minimum Gasteiger partial charge on any atom is -0.466 e. The highest BCUT2D eigenvalue weighted by molar-refractivity contribution is 6.31. The van der Waals surface area contributed by atoms with Crippen molar-refractivity contribution in [1.29, 1.82) is 0 Å². The van der Waals surface area contributed by atoms with Gasteiger partial charge < -0.3 is 14.7 Å². The molecule has 0 atom stereocenters. The average molecular weight is 312 g/mol.